The Bertz CT molecular complexity index is 704. The zero-order valence-electron chi connectivity index (χ0n) is 15.1. The summed E-state index contributed by atoms with van der Waals surface area (Å²) in [6, 6.07) is 16.4. The first kappa shape index (κ1) is 17.5. The summed E-state index contributed by atoms with van der Waals surface area (Å²) in [6.45, 7) is 6.75. The summed E-state index contributed by atoms with van der Waals surface area (Å²) in [4.78, 5) is 16.2. The standard InChI is InChI=1S/C21H26N2O2/c1-3-17-8-10-18(11-9-17)16-22-12-14-23(15-13-22)21(24)19-6-4-5-7-20(19)25-2/h4-11H,3,12-16H2,1-2H3/p+1. The van der Waals surface area contributed by atoms with Crippen LogP contribution in [0, 0.1) is 0 Å². The third-order valence-corrected chi connectivity index (χ3v) is 4.98. The Labute approximate surface area is 150 Å². The number of carbonyl (C=O) groups is 1. The van der Waals surface area contributed by atoms with E-state index in [0.717, 1.165) is 39.1 Å². The number of hydrogen-bond donors (Lipinski definition) is 1. The second kappa shape index (κ2) is 8.17. The quantitative estimate of drug-likeness (QED) is 0.901. The number of rotatable bonds is 5. The van der Waals surface area contributed by atoms with E-state index in [4.69, 9.17) is 4.74 Å². The van der Waals surface area contributed by atoms with Crippen LogP contribution in [0.3, 0.4) is 0 Å². The Kier molecular flexibility index (Phi) is 5.71. The van der Waals surface area contributed by atoms with Gasteiger partial charge in [0.2, 0.25) is 0 Å². The first-order valence-electron chi connectivity index (χ1n) is 9.05. The van der Waals surface area contributed by atoms with Crippen LogP contribution in [0.5, 0.6) is 5.75 Å². The minimum atomic E-state index is 0.0730. The summed E-state index contributed by atoms with van der Waals surface area (Å²) in [5.41, 5.74) is 3.41. The molecule has 0 aliphatic carbocycles. The van der Waals surface area contributed by atoms with Crippen LogP contribution in [-0.4, -0.2) is 44.1 Å². The Hall–Kier alpha value is -2.33. The highest BCUT2D eigenvalue weighted by atomic mass is 16.5. The van der Waals surface area contributed by atoms with E-state index in [1.54, 1.807) is 7.11 Å². The second-order valence-electron chi connectivity index (χ2n) is 6.59. The maximum atomic E-state index is 12.8. The van der Waals surface area contributed by atoms with Crippen LogP contribution in [0.15, 0.2) is 48.5 Å². The molecule has 2 aromatic rings. The van der Waals surface area contributed by atoms with Gasteiger partial charge in [0.15, 0.2) is 0 Å². The first-order chi connectivity index (χ1) is 12.2. The van der Waals surface area contributed by atoms with Crippen LogP contribution in [0.4, 0.5) is 0 Å². The molecule has 0 bridgehead atoms. The number of aryl methyl sites for hydroxylation is 1. The first-order valence-corrected chi connectivity index (χ1v) is 9.05. The SMILES string of the molecule is CCc1ccc(C[NH+]2CCN(C(=O)c3ccccc3OC)CC2)cc1. The number of hydrogen-bond acceptors (Lipinski definition) is 2. The predicted octanol–water partition coefficient (Wildman–Crippen LogP) is 1.80. The van der Waals surface area contributed by atoms with E-state index in [9.17, 15) is 4.79 Å². The van der Waals surface area contributed by atoms with Crippen molar-refractivity contribution < 1.29 is 14.4 Å². The third-order valence-electron chi connectivity index (χ3n) is 4.98. The molecule has 0 aromatic heterocycles. The molecule has 0 unspecified atom stereocenters. The van der Waals surface area contributed by atoms with E-state index >= 15 is 0 Å². The van der Waals surface area contributed by atoms with Gasteiger partial charge in [-0.25, -0.2) is 0 Å². The van der Waals surface area contributed by atoms with Gasteiger partial charge in [0, 0.05) is 5.56 Å². The van der Waals surface area contributed by atoms with Crippen LogP contribution in [0.1, 0.15) is 28.4 Å². The summed E-state index contributed by atoms with van der Waals surface area (Å²) in [6.07, 6.45) is 1.08. The number of benzene rings is 2. The lowest BCUT2D eigenvalue weighted by molar-refractivity contribution is -0.917. The molecule has 25 heavy (non-hydrogen) atoms. The normalized spacial score (nSPS) is 15.2. The molecule has 1 amide bonds. The fourth-order valence-corrected chi connectivity index (χ4v) is 3.38. The molecule has 1 aliphatic heterocycles. The highest BCUT2D eigenvalue weighted by Gasteiger charge is 2.26. The van der Waals surface area contributed by atoms with Gasteiger partial charge < -0.3 is 14.5 Å². The summed E-state index contributed by atoms with van der Waals surface area (Å²) in [7, 11) is 1.61. The van der Waals surface area contributed by atoms with Crippen LogP contribution < -0.4 is 9.64 Å². The Morgan fingerprint density at radius 3 is 2.32 bits per heavy atom. The van der Waals surface area contributed by atoms with E-state index in [1.807, 2.05) is 29.2 Å². The molecule has 1 saturated heterocycles. The lowest BCUT2D eigenvalue weighted by atomic mass is 10.1. The number of nitrogens with zero attached hydrogens (tertiary/aromatic N) is 1. The highest BCUT2D eigenvalue weighted by molar-refractivity contribution is 5.97. The van der Waals surface area contributed by atoms with Crippen LogP contribution in [0.2, 0.25) is 0 Å². The van der Waals surface area contributed by atoms with E-state index < -0.39 is 0 Å². The molecule has 1 fully saturated rings. The maximum Gasteiger partial charge on any atom is 0.258 e. The molecule has 4 nitrogen and oxygen atoms in total. The van der Waals surface area contributed by atoms with Crippen molar-refractivity contribution in [3.63, 3.8) is 0 Å². The minimum absolute atomic E-state index is 0.0730. The molecule has 0 spiro atoms. The summed E-state index contributed by atoms with van der Waals surface area (Å²) in [5.74, 6) is 0.724. The fraction of sp³-hybridized carbons (Fsp3) is 0.381. The molecule has 4 heteroatoms. The van der Waals surface area contributed by atoms with Crippen molar-refractivity contribution >= 4 is 5.91 Å². The molecular weight excluding hydrogens is 312 g/mol. The van der Waals surface area contributed by atoms with Gasteiger partial charge in [-0.15, -0.1) is 0 Å². The lowest BCUT2D eigenvalue weighted by Gasteiger charge is -2.32. The van der Waals surface area contributed by atoms with Crippen LogP contribution in [-0.2, 0) is 13.0 Å². The molecule has 0 saturated carbocycles. The van der Waals surface area contributed by atoms with Crippen molar-refractivity contribution in [2.75, 3.05) is 33.3 Å². The van der Waals surface area contributed by atoms with Gasteiger partial charge in [-0.1, -0.05) is 43.3 Å². The fourth-order valence-electron chi connectivity index (χ4n) is 3.38. The molecule has 1 N–H and O–H groups in total. The average Bonchev–Trinajstić information content (AvgIpc) is 2.68. The van der Waals surface area contributed by atoms with Crippen LogP contribution >= 0.6 is 0 Å². The molecule has 132 valence electrons. The number of quaternary nitrogens is 1. The number of amides is 1. The van der Waals surface area contributed by atoms with Gasteiger partial charge in [0.1, 0.15) is 12.3 Å². The topological polar surface area (TPSA) is 34.0 Å². The van der Waals surface area contributed by atoms with Gasteiger partial charge in [-0.2, -0.15) is 0 Å². The third kappa shape index (κ3) is 4.20. The molecule has 1 heterocycles. The summed E-state index contributed by atoms with van der Waals surface area (Å²) < 4.78 is 5.32. The van der Waals surface area contributed by atoms with Crippen LogP contribution in [0.25, 0.3) is 0 Å². The van der Waals surface area contributed by atoms with Crippen molar-refractivity contribution in [1.82, 2.24) is 4.90 Å². The number of para-hydroxylation sites is 1. The number of nitrogens with one attached hydrogen (secondary N) is 1. The van der Waals surface area contributed by atoms with Crippen molar-refractivity contribution in [3.05, 3.63) is 65.2 Å². The van der Waals surface area contributed by atoms with Gasteiger partial charge >= 0.3 is 0 Å². The Morgan fingerprint density at radius 1 is 1.04 bits per heavy atom. The Morgan fingerprint density at radius 2 is 1.68 bits per heavy atom. The van der Waals surface area contributed by atoms with Crippen molar-refractivity contribution in [2.45, 2.75) is 19.9 Å². The highest BCUT2D eigenvalue weighted by Crippen LogP contribution is 2.19. The zero-order chi connectivity index (χ0) is 17.6. The van der Waals surface area contributed by atoms with E-state index in [0.29, 0.717) is 11.3 Å². The largest absolute Gasteiger partial charge is 0.496 e. The molecular formula is C21H27N2O2+. The van der Waals surface area contributed by atoms with E-state index in [1.165, 1.54) is 16.0 Å². The molecule has 3 rings (SSSR count). The molecule has 0 atom stereocenters. The number of carbonyl (C=O) groups excluding carboxylic acids is 1. The molecule has 2 aromatic carbocycles. The van der Waals surface area contributed by atoms with Crippen molar-refractivity contribution in [3.8, 4) is 5.75 Å². The number of methoxy groups -OCH3 is 1. The van der Waals surface area contributed by atoms with Crippen molar-refractivity contribution in [2.24, 2.45) is 0 Å². The number of ether oxygens (including phenoxy) is 1. The summed E-state index contributed by atoms with van der Waals surface area (Å²) in [5, 5.41) is 0. The lowest BCUT2D eigenvalue weighted by Crippen LogP contribution is -3.13. The van der Waals surface area contributed by atoms with Gasteiger partial charge in [0.25, 0.3) is 5.91 Å². The van der Waals surface area contributed by atoms with Gasteiger partial charge in [0.05, 0.1) is 38.9 Å². The molecule has 1 aliphatic rings. The summed E-state index contributed by atoms with van der Waals surface area (Å²) >= 11 is 0. The zero-order valence-corrected chi connectivity index (χ0v) is 15.1. The van der Waals surface area contributed by atoms with E-state index in [-0.39, 0.29) is 5.91 Å². The Balaban J connectivity index is 1.56. The average molecular weight is 339 g/mol. The molecule has 0 radical (unpaired) electrons. The predicted molar refractivity (Wildman–Crippen MR) is 99.1 cm³/mol. The van der Waals surface area contributed by atoms with Gasteiger partial charge in [-0.3, -0.25) is 4.79 Å². The smallest absolute Gasteiger partial charge is 0.258 e. The number of piperazine rings is 1. The monoisotopic (exact) mass is 339 g/mol. The minimum Gasteiger partial charge on any atom is -0.496 e. The maximum absolute atomic E-state index is 12.8. The van der Waals surface area contributed by atoms with Crippen molar-refractivity contribution in [1.29, 1.82) is 0 Å². The van der Waals surface area contributed by atoms with Gasteiger partial charge in [-0.05, 0) is 24.1 Å². The van der Waals surface area contributed by atoms with E-state index in [2.05, 4.69) is 31.2 Å². The second-order valence-corrected chi connectivity index (χ2v) is 6.59.